The van der Waals surface area contributed by atoms with Gasteiger partial charge < -0.3 is 10.1 Å². The van der Waals surface area contributed by atoms with Crippen molar-refractivity contribution in [1.29, 1.82) is 0 Å². The summed E-state index contributed by atoms with van der Waals surface area (Å²) in [5.41, 5.74) is 1.06. The zero-order chi connectivity index (χ0) is 18.7. The van der Waals surface area contributed by atoms with E-state index in [9.17, 15) is 18.4 Å². The predicted molar refractivity (Wildman–Crippen MR) is 91.9 cm³/mol. The van der Waals surface area contributed by atoms with Gasteiger partial charge in [0, 0.05) is 12.8 Å². The maximum Gasteiger partial charge on any atom is 0.278 e. The molecular weight excluding hydrogens is 342 g/mol. The molecule has 0 radical (unpaired) electrons. The average Bonchev–Trinajstić information content (AvgIpc) is 2.86. The Bertz CT molecular complexity index is 861. The van der Waals surface area contributed by atoms with Gasteiger partial charge in [-0.3, -0.25) is 14.5 Å². The third-order valence-electron chi connectivity index (χ3n) is 3.93. The molecule has 134 valence electrons. The Labute approximate surface area is 148 Å². The Kier molecular flexibility index (Phi) is 5.09. The third-order valence-corrected chi connectivity index (χ3v) is 3.93. The first-order valence-electron chi connectivity index (χ1n) is 7.89. The van der Waals surface area contributed by atoms with Gasteiger partial charge in [-0.1, -0.05) is 12.1 Å². The largest absolute Gasteiger partial charge is 0.383 e. The Morgan fingerprint density at radius 2 is 1.50 bits per heavy atom. The Morgan fingerprint density at radius 3 is 2.08 bits per heavy atom. The quantitative estimate of drug-likeness (QED) is 0.807. The smallest absolute Gasteiger partial charge is 0.278 e. The van der Waals surface area contributed by atoms with E-state index in [1.54, 1.807) is 0 Å². The number of methoxy groups -OCH3 is 1. The molecule has 0 saturated heterocycles. The van der Waals surface area contributed by atoms with Crippen LogP contribution in [0.4, 0.5) is 14.5 Å². The molecule has 0 unspecified atom stereocenters. The lowest BCUT2D eigenvalue weighted by Crippen LogP contribution is -2.35. The number of carbonyl (C=O) groups excluding carboxylic acids is 2. The first-order chi connectivity index (χ1) is 12.5. The topological polar surface area (TPSA) is 58.6 Å². The first-order valence-corrected chi connectivity index (χ1v) is 7.89. The van der Waals surface area contributed by atoms with Crippen LogP contribution < -0.4 is 5.32 Å². The Hall–Kier alpha value is -3.06. The monoisotopic (exact) mass is 358 g/mol. The number of carbonyl (C=O) groups is 2. The highest BCUT2D eigenvalue weighted by atomic mass is 19.1. The van der Waals surface area contributed by atoms with E-state index in [2.05, 4.69) is 5.32 Å². The predicted octanol–water partition coefficient (Wildman–Crippen LogP) is 2.80. The lowest BCUT2D eigenvalue weighted by atomic mass is 10.0. The summed E-state index contributed by atoms with van der Waals surface area (Å²) in [6.45, 7) is 0.283. The summed E-state index contributed by atoms with van der Waals surface area (Å²) in [5, 5.41) is 2.88. The van der Waals surface area contributed by atoms with Crippen LogP contribution in [0.15, 0.2) is 54.2 Å². The number of benzene rings is 2. The molecule has 0 fully saturated rings. The van der Waals surface area contributed by atoms with Crippen molar-refractivity contribution >= 4 is 23.1 Å². The molecular formula is C19H16F2N2O3. The van der Waals surface area contributed by atoms with Crippen LogP contribution in [-0.4, -0.2) is 37.0 Å². The van der Waals surface area contributed by atoms with Gasteiger partial charge in [-0.25, -0.2) is 8.78 Å². The van der Waals surface area contributed by atoms with Gasteiger partial charge in [0.1, 0.15) is 17.3 Å². The molecule has 0 atom stereocenters. The van der Waals surface area contributed by atoms with Gasteiger partial charge in [-0.05, 0) is 42.0 Å². The van der Waals surface area contributed by atoms with Gasteiger partial charge in [0.2, 0.25) is 0 Å². The molecule has 0 aromatic heterocycles. The van der Waals surface area contributed by atoms with Crippen molar-refractivity contribution in [2.75, 3.05) is 25.6 Å². The van der Waals surface area contributed by atoms with Gasteiger partial charge >= 0.3 is 0 Å². The normalized spacial score (nSPS) is 14.3. The molecule has 1 heterocycles. The van der Waals surface area contributed by atoms with Crippen LogP contribution >= 0.6 is 0 Å². The maximum atomic E-state index is 13.2. The highest BCUT2D eigenvalue weighted by Gasteiger charge is 2.38. The van der Waals surface area contributed by atoms with E-state index in [0.29, 0.717) is 11.3 Å². The fourth-order valence-corrected chi connectivity index (χ4v) is 2.64. The standard InChI is InChI=1S/C19H16F2N2O3/c1-26-11-10-23-18(24)16(12-2-4-13(20)5-3-12)17(19(23)25)22-15-8-6-14(21)7-9-15/h2-9,22H,10-11H2,1H3. The molecule has 1 aliphatic rings. The second-order valence-electron chi connectivity index (χ2n) is 5.64. The van der Waals surface area contributed by atoms with Crippen LogP contribution in [0.5, 0.6) is 0 Å². The highest BCUT2D eigenvalue weighted by Crippen LogP contribution is 2.30. The molecule has 7 heteroatoms. The minimum atomic E-state index is -0.518. The number of anilines is 1. The first kappa shape index (κ1) is 17.8. The van der Waals surface area contributed by atoms with E-state index in [-0.39, 0.29) is 24.4 Å². The number of hydrogen-bond donors (Lipinski definition) is 1. The van der Waals surface area contributed by atoms with Crippen molar-refractivity contribution in [3.8, 4) is 0 Å². The van der Waals surface area contributed by atoms with E-state index in [1.807, 2.05) is 0 Å². The molecule has 1 N–H and O–H groups in total. The van der Waals surface area contributed by atoms with Crippen molar-refractivity contribution in [1.82, 2.24) is 4.90 Å². The summed E-state index contributed by atoms with van der Waals surface area (Å²) < 4.78 is 31.3. The van der Waals surface area contributed by atoms with Crippen molar-refractivity contribution in [2.24, 2.45) is 0 Å². The molecule has 2 aromatic rings. The third kappa shape index (κ3) is 3.48. The lowest BCUT2D eigenvalue weighted by Gasteiger charge is -2.14. The number of nitrogens with one attached hydrogen (secondary N) is 1. The van der Waals surface area contributed by atoms with Gasteiger partial charge in [-0.2, -0.15) is 0 Å². The van der Waals surface area contributed by atoms with Crippen LogP contribution in [0, 0.1) is 11.6 Å². The lowest BCUT2D eigenvalue weighted by molar-refractivity contribution is -0.137. The fourth-order valence-electron chi connectivity index (χ4n) is 2.64. The SMILES string of the molecule is COCCN1C(=O)C(Nc2ccc(F)cc2)=C(c2ccc(F)cc2)C1=O. The highest BCUT2D eigenvalue weighted by molar-refractivity contribution is 6.36. The molecule has 0 saturated carbocycles. The number of halogens is 2. The summed E-state index contributed by atoms with van der Waals surface area (Å²) in [5.74, 6) is -1.88. The number of nitrogens with zero attached hydrogens (tertiary/aromatic N) is 1. The number of rotatable bonds is 6. The molecule has 2 aromatic carbocycles. The number of ether oxygens (including phenoxy) is 1. The minimum absolute atomic E-state index is 0.0596. The summed E-state index contributed by atoms with van der Waals surface area (Å²) in [6, 6.07) is 10.7. The Balaban J connectivity index is 2.02. The summed E-state index contributed by atoms with van der Waals surface area (Å²) in [6.07, 6.45) is 0. The minimum Gasteiger partial charge on any atom is -0.383 e. The van der Waals surface area contributed by atoms with E-state index >= 15 is 0 Å². The Morgan fingerprint density at radius 1 is 0.923 bits per heavy atom. The van der Waals surface area contributed by atoms with Crippen LogP contribution in [0.25, 0.3) is 5.57 Å². The van der Waals surface area contributed by atoms with Crippen LogP contribution in [0.3, 0.4) is 0 Å². The molecule has 0 aliphatic carbocycles. The van der Waals surface area contributed by atoms with E-state index in [1.165, 1.54) is 55.6 Å². The van der Waals surface area contributed by atoms with Crippen LogP contribution in [0.1, 0.15) is 5.56 Å². The van der Waals surface area contributed by atoms with Gasteiger partial charge in [0.15, 0.2) is 0 Å². The zero-order valence-corrected chi connectivity index (χ0v) is 14.0. The molecule has 3 rings (SSSR count). The second kappa shape index (κ2) is 7.45. The van der Waals surface area contributed by atoms with Crippen LogP contribution in [0.2, 0.25) is 0 Å². The molecule has 0 bridgehead atoms. The average molecular weight is 358 g/mol. The van der Waals surface area contributed by atoms with Crippen molar-refractivity contribution in [3.63, 3.8) is 0 Å². The van der Waals surface area contributed by atoms with E-state index in [0.717, 1.165) is 4.90 Å². The molecule has 26 heavy (non-hydrogen) atoms. The second-order valence-corrected chi connectivity index (χ2v) is 5.64. The van der Waals surface area contributed by atoms with Gasteiger partial charge in [-0.15, -0.1) is 0 Å². The van der Waals surface area contributed by atoms with Crippen LogP contribution in [-0.2, 0) is 14.3 Å². The van der Waals surface area contributed by atoms with Crippen molar-refractivity contribution in [3.05, 3.63) is 71.4 Å². The number of hydrogen-bond acceptors (Lipinski definition) is 4. The number of amides is 2. The van der Waals surface area contributed by atoms with Crippen molar-refractivity contribution in [2.45, 2.75) is 0 Å². The zero-order valence-electron chi connectivity index (χ0n) is 14.0. The maximum absolute atomic E-state index is 13.2. The van der Waals surface area contributed by atoms with E-state index < -0.39 is 23.4 Å². The molecule has 1 aliphatic heterocycles. The molecule has 5 nitrogen and oxygen atoms in total. The fraction of sp³-hybridized carbons (Fsp3) is 0.158. The summed E-state index contributed by atoms with van der Waals surface area (Å²) in [7, 11) is 1.47. The molecule has 2 amide bonds. The summed E-state index contributed by atoms with van der Waals surface area (Å²) >= 11 is 0. The van der Waals surface area contributed by atoms with Gasteiger partial charge in [0.25, 0.3) is 11.8 Å². The summed E-state index contributed by atoms with van der Waals surface area (Å²) in [4.78, 5) is 26.5. The van der Waals surface area contributed by atoms with E-state index in [4.69, 9.17) is 4.74 Å². The van der Waals surface area contributed by atoms with Gasteiger partial charge in [0.05, 0.1) is 18.7 Å². The number of imide groups is 1. The molecule has 0 spiro atoms. The van der Waals surface area contributed by atoms with Crippen molar-refractivity contribution < 1.29 is 23.1 Å².